The Morgan fingerprint density at radius 3 is 2.52 bits per heavy atom. The second-order valence-electron chi connectivity index (χ2n) is 8.87. The topological polar surface area (TPSA) is 124 Å². The molecular weight excluding hydrogens is 414 g/mol. The molecule has 0 saturated carbocycles. The fraction of sp³-hybridized carbons (Fsp3) is 0.385. The molecule has 0 aliphatic rings. The van der Waals surface area contributed by atoms with Gasteiger partial charge in [0.25, 0.3) is 0 Å². The fourth-order valence-corrected chi connectivity index (χ4v) is 3.96. The number of nitrogens with zero attached hydrogens (tertiary/aromatic N) is 2. The van der Waals surface area contributed by atoms with Gasteiger partial charge in [-0.05, 0) is 54.5 Å². The lowest BCUT2D eigenvalue weighted by Gasteiger charge is -2.20. The van der Waals surface area contributed by atoms with E-state index in [-0.39, 0.29) is 18.1 Å². The number of nitrogens with two attached hydrogens (primary N) is 2. The number of rotatable bonds is 11. The molecule has 5 N–H and O–H groups in total. The summed E-state index contributed by atoms with van der Waals surface area (Å²) >= 11 is 0. The van der Waals surface area contributed by atoms with Crippen molar-refractivity contribution in [3.63, 3.8) is 0 Å². The second kappa shape index (κ2) is 11.6. The maximum atomic E-state index is 13.2. The summed E-state index contributed by atoms with van der Waals surface area (Å²) in [6, 6.07) is 12.8. The molecule has 7 heteroatoms. The Labute approximate surface area is 195 Å². The van der Waals surface area contributed by atoms with Crippen LogP contribution in [0.25, 0.3) is 11.0 Å². The number of benzene rings is 1. The van der Waals surface area contributed by atoms with E-state index in [1.54, 1.807) is 18.5 Å². The van der Waals surface area contributed by atoms with Gasteiger partial charge >= 0.3 is 0 Å². The highest BCUT2D eigenvalue weighted by Crippen LogP contribution is 2.21. The molecule has 0 spiro atoms. The molecule has 1 aromatic carbocycles. The number of anilines is 1. The van der Waals surface area contributed by atoms with Crippen LogP contribution in [0.5, 0.6) is 0 Å². The minimum atomic E-state index is -0.567. The zero-order valence-corrected chi connectivity index (χ0v) is 19.3. The van der Waals surface area contributed by atoms with Crippen molar-refractivity contribution < 1.29 is 9.59 Å². The third kappa shape index (κ3) is 6.91. The first-order valence-electron chi connectivity index (χ1n) is 11.4. The fourth-order valence-electron chi connectivity index (χ4n) is 3.96. The Hall–Kier alpha value is -3.16. The number of aryl methyl sites for hydroxylation is 1. The lowest BCUT2D eigenvalue weighted by Crippen LogP contribution is -2.35. The van der Waals surface area contributed by atoms with Crippen LogP contribution < -0.4 is 16.8 Å². The first-order chi connectivity index (χ1) is 15.9. The molecule has 0 aliphatic carbocycles. The van der Waals surface area contributed by atoms with E-state index in [2.05, 4.69) is 15.3 Å². The summed E-state index contributed by atoms with van der Waals surface area (Å²) in [7, 11) is 0. The number of amides is 1. The molecule has 2 heterocycles. The summed E-state index contributed by atoms with van der Waals surface area (Å²) < 4.78 is 0. The number of fused-ring (bicyclic) bond motifs is 1. The van der Waals surface area contributed by atoms with Gasteiger partial charge in [-0.25, -0.2) is 0 Å². The number of ketones is 1. The summed E-state index contributed by atoms with van der Waals surface area (Å²) in [6.45, 7) is 4.49. The maximum Gasteiger partial charge on any atom is 0.227 e. The number of pyridine rings is 2. The number of hydrogen-bond acceptors (Lipinski definition) is 6. The van der Waals surface area contributed by atoms with Crippen LogP contribution in [0.2, 0.25) is 0 Å². The first-order valence-corrected chi connectivity index (χ1v) is 11.4. The first kappa shape index (κ1) is 24.5. The van der Waals surface area contributed by atoms with Gasteiger partial charge in [0, 0.05) is 25.1 Å². The van der Waals surface area contributed by atoms with E-state index in [9.17, 15) is 9.59 Å². The largest absolute Gasteiger partial charge is 0.326 e. The standard InChI is InChI=1S/C26H33N5O2/c1-17(2)12-22(28)25(32)13-19(10-9-18-6-3-4-7-20(18)15-27)26(33)31-21-14-24-23(30-16-21)8-5-11-29-24/h3-8,11,14,16-17,19,22H,9-10,12-13,15,27-28H2,1-2H3,(H,31,33)/t19-,22-/m0/s1. The van der Waals surface area contributed by atoms with Crippen molar-refractivity contribution in [1.82, 2.24) is 9.97 Å². The SMILES string of the molecule is CC(C)C[C@H](N)C(=O)C[C@H](CCc1ccccc1CN)C(=O)Nc1cnc2cccnc2c1. The minimum Gasteiger partial charge on any atom is -0.326 e. The molecule has 0 aliphatic heterocycles. The zero-order valence-electron chi connectivity index (χ0n) is 19.3. The quantitative estimate of drug-likeness (QED) is 0.412. The van der Waals surface area contributed by atoms with Crippen molar-refractivity contribution >= 4 is 28.4 Å². The van der Waals surface area contributed by atoms with E-state index in [4.69, 9.17) is 11.5 Å². The van der Waals surface area contributed by atoms with E-state index < -0.39 is 12.0 Å². The van der Waals surface area contributed by atoms with Crippen LogP contribution in [0.1, 0.15) is 44.2 Å². The van der Waals surface area contributed by atoms with Crippen molar-refractivity contribution in [3.05, 3.63) is 66.0 Å². The van der Waals surface area contributed by atoms with Gasteiger partial charge in [0.2, 0.25) is 5.91 Å². The lowest BCUT2D eigenvalue weighted by atomic mass is 9.89. The highest BCUT2D eigenvalue weighted by atomic mass is 16.2. The van der Waals surface area contributed by atoms with E-state index in [1.807, 2.05) is 50.2 Å². The Kier molecular flexibility index (Phi) is 8.63. The molecule has 33 heavy (non-hydrogen) atoms. The molecule has 2 atom stereocenters. The van der Waals surface area contributed by atoms with Crippen LogP contribution >= 0.6 is 0 Å². The summed E-state index contributed by atoms with van der Waals surface area (Å²) in [5, 5.41) is 2.92. The number of Topliss-reactive ketones (excluding diaryl/α,β-unsaturated/α-hetero) is 1. The number of nitrogens with one attached hydrogen (secondary N) is 1. The van der Waals surface area contributed by atoms with Crippen LogP contribution in [-0.2, 0) is 22.6 Å². The van der Waals surface area contributed by atoms with Gasteiger partial charge in [-0.1, -0.05) is 38.1 Å². The van der Waals surface area contributed by atoms with Crippen LogP contribution in [0, 0.1) is 11.8 Å². The summed E-state index contributed by atoms with van der Waals surface area (Å²) in [5.41, 5.74) is 16.1. The number of carbonyl (C=O) groups is 2. The van der Waals surface area contributed by atoms with E-state index in [0.717, 1.165) is 16.6 Å². The van der Waals surface area contributed by atoms with Gasteiger partial charge < -0.3 is 16.8 Å². The highest BCUT2D eigenvalue weighted by Gasteiger charge is 2.26. The smallest absolute Gasteiger partial charge is 0.227 e. The predicted octanol–water partition coefficient (Wildman–Crippen LogP) is 3.61. The molecule has 1 amide bonds. The normalized spacial score (nSPS) is 13.1. The van der Waals surface area contributed by atoms with Crippen molar-refractivity contribution in [3.8, 4) is 0 Å². The van der Waals surface area contributed by atoms with Crippen LogP contribution in [-0.4, -0.2) is 27.7 Å². The van der Waals surface area contributed by atoms with Crippen LogP contribution in [0.3, 0.4) is 0 Å². The summed E-state index contributed by atoms with van der Waals surface area (Å²) in [5.74, 6) is -0.513. The summed E-state index contributed by atoms with van der Waals surface area (Å²) in [4.78, 5) is 34.7. The minimum absolute atomic E-state index is 0.0886. The highest BCUT2D eigenvalue weighted by molar-refractivity contribution is 5.97. The number of hydrogen-bond donors (Lipinski definition) is 3. The molecule has 0 fully saturated rings. The second-order valence-corrected chi connectivity index (χ2v) is 8.87. The van der Waals surface area contributed by atoms with Gasteiger partial charge in [-0.15, -0.1) is 0 Å². The van der Waals surface area contributed by atoms with Crippen molar-refractivity contribution in [1.29, 1.82) is 0 Å². The van der Waals surface area contributed by atoms with Crippen molar-refractivity contribution in [2.45, 2.75) is 52.1 Å². The number of carbonyl (C=O) groups excluding carboxylic acids is 2. The van der Waals surface area contributed by atoms with E-state index in [1.165, 1.54) is 0 Å². The van der Waals surface area contributed by atoms with Crippen molar-refractivity contribution in [2.24, 2.45) is 23.3 Å². The average molecular weight is 448 g/mol. The van der Waals surface area contributed by atoms with E-state index in [0.29, 0.717) is 42.9 Å². The third-order valence-electron chi connectivity index (χ3n) is 5.78. The molecule has 0 radical (unpaired) electrons. The van der Waals surface area contributed by atoms with Gasteiger partial charge in [0.1, 0.15) is 5.78 Å². The monoisotopic (exact) mass is 447 g/mol. The zero-order chi connectivity index (χ0) is 23.8. The molecule has 2 aromatic heterocycles. The molecule has 0 bridgehead atoms. The van der Waals surface area contributed by atoms with Gasteiger partial charge in [0.05, 0.1) is 29.0 Å². The van der Waals surface area contributed by atoms with Gasteiger partial charge in [-0.3, -0.25) is 19.6 Å². The van der Waals surface area contributed by atoms with Crippen molar-refractivity contribution in [2.75, 3.05) is 5.32 Å². The molecular formula is C26H33N5O2. The maximum absolute atomic E-state index is 13.2. The van der Waals surface area contributed by atoms with Gasteiger partial charge in [-0.2, -0.15) is 0 Å². The molecule has 174 valence electrons. The Balaban J connectivity index is 1.76. The third-order valence-corrected chi connectivity index (χ3v) is 5.78. The Morgan fingerprint density at radius 1 is 1.03 bits per heavy atom. The lowest BCUT2D eigenvalue weighted by molar-refractivity contribution is -0.127. The molecule has 0 saturated heterocycles. The molecule has 3 rings (SSSR count). The average Bonchev–Trinajstić information content (AvgIpc) is 2.81. The number of aromatic nitrogens is 2. The Bertz CT molecular complexity index is 1100. The predicted molar refractivity (Wildman–Crippen MR) is 131 cm³/mol. The Morgan fingerprint density at radius 2 is 1.79 bits per heavy atom. The van der Waals surface area contributed by atoms with E-state index >= 15 is 0 Å². The molecule has 7 nitrogen and oxygen atoms in total. The molecule has 0 unspecified atom stereocenters. The van der Waals surface area contributed by atoms with Crippen LogP contribution in [0.4, 0.5) is 5.69 Å². The van der Waals surface area contributed by atoms with Crippen LogP contribution in [0.15, 0.2) is 54.9 Å². The summed E-state index contributed by atoms with van der Waals surface area (Å²) in [6.07, 6.45) is 5.16. The molecule has 3 aromatic rings. The van der Waals surface area contributed by atoms with Gasteiger partial charge in [0.15, 0.2) is 0 Å².